The van der Waals surface area contributed by atoms with E-state index in [1.165, 1.54) is 4.31 Å². The summed E-state index contributed by atoms with van der Waals surface area (Å²) in [6.07, 6.45) is 0. The van der Waals surface area contributed by atoms with Gasteiger partial charge < -0.3 is 0 Å². The van der Waals surface area contributed by atoms with Crippen LogP contribution in [0.2, 0.25) is 0 Å². The van der Waals surface area contributed by atoms with Gasteiger partial charge >= 0.3 is 0 Å². The summed E-state index contributed by atoms with van der Waals surface area (Å²) in [4.78, 5) is 0.284. The van der Waals surface area contributed by atoms with Crippen LogP contribution in [0.3, 0.4) is 0 Å². The minimum Gasteiger partial charge on any atom is -0.207 e. The Hall–Kier alpha value is 0.0900. The molecule has 1 rings (SSSR count). The summed E-state index contributed by atoms with van der Waals surface area (Å²) in [6, 6.07) is 5.09. The summed E-state index contributed by atoms with van der Waals surface area (Å²) in [5.41, 5.74) is 0. The Balaban J connectivity index is 3.25. The predicted molar refractivity (Wildman–Crippen MR) is 81.1 cm³/mol. The molecule has 0 radical (unpaired) electrons. The van der Waals surface area contributed by atoms with Gasteiger partial charge in [0, 0.05) is 22.0 Å². The van der Waals surface area contributed by atoms with Crippen LogP contribution in [0.4, 0.5) is 0 Å². The van der Waals surface area contributed by atoms with Gasteiger partial charge in [0.25, 0.3) is 0 Å². The smallest absolute Gasteiger partial charge is 0.207 e. The molecule has 18 heavy (non-hydrogen) atoms. The van der Waals surface area contributed by atoms with E-state index < -0.39 is 10.0 Å². The maximum Gasteiger partial charge on any atom is 0.244 e. The van der Waals surface area contributed by atoms with Gasteiger partial charge in [-0.2, -0.15) is 4.31 Å². The Morgan fingerprint density at radius 2 is 1.72 bits per heavy atom. The molecule has 0 saturated heterocycles. The van der Waals surface area contributed by atoms with Gasteiger partial charge in [-0.25, -0.2) is 8.42 Å². The summed E-state index contributed by atoms with van der Waals surface area (Å²) in [6.45, 7) is 5.92. The van der Waals surface area contributed by atoms with Gasteiger partial charge in [0.1, 0.15) is 0 Å². The van der Waals surface area contributed by atoms with E-state index in [1.807, 2.05) is 20.8 Å². The highest BCUT2D eigenvalue weighted by molar-refractivity contribution is 9.11. The van der Waals surface area contributed by atoms with Crippen LogP contribution in [0.15, 0.2) is 32.0 Å². The SMILES string of the molecule is CC(C)C(C)N(C)S(=O)(=O)c1cc(Br)ccc1Br. The first-order valence-electron chi connectivity index (χ1n) is 5.61. The number of sulfonamides is 1. The Labute approximate surface area is 126 Å². The fourth-order valence-corrected chi connectivity index (χ4v) is 4.42. The highest BCUT2D eigenvalue weighted by atomic mass is 79.9. The van der Waals surface area contributed by atoms with Crippen LogP contribution in [0.1, 0.15) is 20.8 Å². The van der Waals surface area contributed by atoms with Crippen LogP contribution in [0.25, 0.3) is 0 Å². The number of halogens is 2. The molecule has 0 bridgehead atoms. The highest BCUT2D eigenvalue weighted by Gasteiger charge is 2.28. The van der Waals surface area contributed by atoms with Crippen molar-refractivity contribution in [1.82, 2.24) is 4.31 Å². The molecule has 0 amide bonds. The lowest BCUT2D eigenvalue weighted by atomic mass is 10.1. The van der Waals surface area contributed by atoms with Gasteiger partial charge in [0.15, 0.2) is 0 Å². The van der Waals surface area contributed by atoms with Crippen molar-refractivity contribution in [2.24, 2.45) is 5.92 Å². The highest BCUT2D eigenvalue weighted by Crippen LogP contribution is 2.29. The van der Waals surface area contributed by atoms with Crippen molar-refractivity contribution < 1.29 is 8.42 Å². The van der Waals surface area contributed by atoms with Crippen molar-refractivity contribution in [3.8, 4) is 0 Å². The lowest BCUT2D eigenvalue weighted by molar-refractivity contribution is 0.315. The van der Waals surface area contributed by atoms with E-state index in [0.29, 0.717) is 4.47 Å². The standard InChI is InChI=1S/C12H17Br2NO2S/c1-8(2)9(3)15(4)18(16,17)12-7-10(13)5-6-11(12)14/h5-9H,1-4H3. The van der Waals surface area contributed by atoms with Gasteiger partial charge in [-0.3, -0.25) is 0 Å². The Kier molecular flexibility index (Phi) is 5.41. The maximum atomic E-state index is 12.5. The van der Waals surface area contributed by atoms with E-state index in [-0.39, 0.29) is 16.9 Å². The quantitative estimate of drug-likeness (QED) is 0.771. The van der Waals surface area contributed by atoms with Crippen molar-refractivity contribution in [3.05, 3.63) is 27.1 Å². The molecule has 0 aliphatic rings. The summed E-state index contributed by atoms with van der Waals surface area (Å²) in [5.74, 6) is 0.260. The lowest BCUT2D eigenvalue weighted by Crippen LogP contribution is -2.38. The summed E-state index contributed by atoms with van der Waals surface area (Å²) in [7, 11) is -1.86. The molecule has 0 aromatic heterocycles. The van der Waals surface area contributed by atoms with E-state index in [9.17, 15) is 8.42 Å². The third-order valence-corrected chi connectivity index (χ3v) is 6.52. The fourth-order valence-electron chi connectivity index (χ4n) is 1.47. The van der Waals surface area contributed by atoms with Gasteiger partial charge in [0.2, 0.25) is 10.0 Å². The third-order valence-electron chi connectivity index (χ3n) is 3.09. The first-order valence-corrected chi connectivity index (χ1v) is 8.63. The van der Waals surface area contributed by atoms with Gasteiger partial charge in [-0.15, -0.1) is 0 Å². The second-order valence-electron chi connectivity index (χ2n) is 4.58. The van der Waals surface area contributed by atoms with Crippen molar-refractivity contribution >= 4 is 41.9 Å². The molecule has 0 aliphatic heterocycles. The zero-order valence-corrected chi connectivity index (χ0v) is 14.8. The van der Waals surface area contributed by atoms with Crippen molar-refractivity contribution in [1.29, 1.82) is 0 Å². The monoisotopic (exact) mass is 397 g/mol. The Morgan fingerprint density at radius 3 is 2.22 bits per heavy atom. The molecule has 0 fully saturated rings. The van der Waals surface area contributed by atoms with E-state index in [2.05, 4.69) is 31.9 Å². The second-order valence-corrected chi connectivity index (χ2v) is 8.32. The average molecular weight is 399 g/mol. The summed E-state index contributed by atoms with van der Waals surface area (Å²) >= 11 is 6.59. The van der Waals surface area contributed by atoms with E-state index in [1.54, 1.807) is 25.2 Å². The topological polar surface area (TPSA) is 37.4 Å². The van der Waals surface area contributed by atoms with Crippen molar-refractivity contribution in [2.45, 2.75) is 31.7 Å². The first kappa shape index (κ1) is 16.1. The van der Waals surface area contributed by atoms with Gasteiger partial charge in [0.05, 0.1) is 4.90 Å². The van der Waals surface area contributed by atoms with E-state index in [4.69, 9.17) is 0 Å². The molecule has 0 saturated carbocycles. The van der Waals surface area contributed by atoms with Crippen LogP contribution >= 0.6 is 31.9 Å². The van der Waals surface area contributed by atoms with Gasteiger partial charge in [-0.1, -0.05) is 29.8 Å². The molecular weight excluding hydrogens is 382 g/mol. The largest absolute Gasteiger partial charge is 0.244 e. The van der Waals surface area contributed by atoms with Crippen molar-refractivity contribution in [2.75, 3.05) is 7.05 Å². The molecule has 0 aliphatic carbocycles. The third kappa shape index (κ3) is 3.35. The Bertz CT molecular complexity index is 529. The van der Waals surface area contributed by atoms with Crippen molar-refractivity contribution in [3.63, 3.8) is 0 Å². The minimum atomic E-state index is -3.48. The first-order chi connectivity index (χ1) is 8.17. The zero-order chi connectivity index (χ0) is 14.1. The molecule has 3 nitrogen and oxygen atoms in total. The molecule has 0 heterocycles. The number of nitrogens with zero attached hydrogens (tertiary/aromatic N) is 1. The van der Waals surface area contributed by atoms with Crippen LogP contribution in [0.5, 0.6) is 0 Å². The molecule has 1 unspecified atom stereocenters. The predicted octanol–water partition coefficient (Wildman–Crippen LogP) is 3.88. The molecule has 0 N–H and O–H groups in total. The van der Waals surface area contributed by atoms with Crippen LogP contribution in [-0.4, -0.2) is 25.8 Å². The molecular formula is C12H17Br2NO2S. The second kappa shape index (κ2) is 6.03. The minimum absolute atomic E-state index is 0.0547. The Morgan fingerprint density at radius 1 is 1.17 bits per heavy atom. The van der Waals surface area contributed by atoms with Crippen LogP contribution in [-0.2, 0) is 10.0 Å². The molecule has 1 aromatic rings. The van der Waals surface area contributed by atoms with Crippen LogP contribution in [0, 0.1) is 5.92 Å². The number of benzene rings is 1. The van der Waals surface area contributed by atoms with Gasteiger partial charge in [-0.05, 0) is 47.0 Å². The molecule has 1 aromatic carbocycles. The normalized spacial score (nSPS) is 14.2. The van der Waals surface area contributed by atoms with E-state index >= 15 is 0 Å². The fraction of sp³-hybridized carbons (Fsp3) is 0.500. The summed E-state index contributed by atoms with van der Waals surface area (Å²) < 4.78 is 27.8. The average Bonchev–Trinajstić information content (AvgIpc) is 2.29. The van der Waals surface area contributed by atoms with Crippen LogP contribution < -0.4 is 0 Å². The van der Waals surface area contributed by atoms with E-state index in [0.717, 1.165) is 4.47 Å². The number of hydrogen-bond donors (Lipinski definition) is 0. The zero-order valence-electron chi connectivity index (χ0n) is 10.8. The number of rotatable bonds is 4. The molecule has 102 valence electrons. The number of hydrogen-bond acceptors (Lipinski definition) is 2. The molecule has 0 spiro atoms. The summed E-state index contributed by atoms with van der Waals surface area (Å²) in [5, 5.41) is 0. The molecule has 1 atom stereocenters. The molecule has 6 heteroatoms. The lowest BCUT2D eigenvalue weighted by Gasteiger charge is -2.27. The maximum absolute atomic E-state index is 12.5.